The number of amides is 1. The lowest BCUT2D eigenvalue weighted by atomic mass is 10.1. The zero-order chi connectivity index (χ0) is 14.0. The molecule has 0 saturated heterocycles. The summed E-state index contributed by atoms with van der Waals surface area (Å²) in [6, 6.07) is 3.49. The Labute approximate surface area is 120 Å². The molecule has 2 N–H and O–H groups in total. The minimum absolute atomic E-state index is 0.116. The molecule has 102 valence electrons. The molecule has 0 aliphatic rings. The maximum Gasteiger partial charge on any atom is 0.238 e. The maximum absolute atomic E-state index is 11.9. The second kappa shape index (κ2) is 5.40. The molecule has 2 rings (SSSR count). The van der Waals surface area contributed by atoms with Gasteiger partial charge in [0.1, 0.15) is 11.0 Å². The fraction of sp³-hybridized carbons (Fsp3) is 0.417. The first-order valence-electron chi connectivity index (χ1n) is 5.82. The van der Waals surface area contributed by atoms with Crippen LogP contribution in [0.1, 0.15) is 20.8 Å². The van der Waals surface area contributed by atoms with Gasteiger partial charge in [0.05, 0.1) is 29.0 Å². The molecule has 1 aromatic carbocycles. The lowest BCUT2D eigenvalue weighted by Gasteiger charge is -2.20. The Balaban J connectivity index is 2.15. The Hall–Kier alpha value is -1.24. The maximum atomic E-state index is 11.9. The van der Waals surface area contributed by atoms with E-state index in [-0.39, 0.29) is 18.0 Å². The van der Waals surface area contributed by atoms with Gasteiger partial charge in [-0.05, 0) is 32.9 Å². The van der Waals surface area contributed by atoms with E-state index in [0.717, 1.165) is 17.2 Å². The lowest BCUT2D eigenvalue weighted by molar-refractivity contribution is -0.115. The third-order valence-corrected chi connectivity index (χ3v) is 3.28. The molecule has 0 unspecified atom stereocenters. The van der Waals surface area contributed by atoms with Gasteiger partial charge in [-0.3, -0.25) is 4.79 Å². The Kier molecular flexibility index (Phi) is 4.03. The van der Waals surface area contributed by atoms with Gasteiger partial charge in [0.15, 0.2) is 0 Å². The second-order valence-corrected chi connectivity index (χ2v) is 6.14. The highest BCUT2D eigenvalue weighted by Gasteiger charge is 2.15. The van der Waals surface area contributed by atoms with Crippen LogP contribution in [0.4, 0.5) is 5.69 Å². The number of nitrogens with zero attached hydrogens (tertiary/aromatic N) is 2. The molecule has 0 radical (unpaired) electrons. The summed E-state index contributed by atoms with van der Waals surface area (Å²) >= 11 is 7.19. The standard InChI is InChI=1S/C12H15ClN4OS/c1-12(2,3)14-6-9(18)15-10-7(13)4-5-8-11(10)17-19-16-8/h4-5,14H,6H2,1-3H3,(H,15,18). The van der Waals surface area contributed by atoms with Crippen LogP contribution in [0.5, 0.6) is 0 Å². The van der Waals surface area contributed by atoms with Gasteiger partial charge in [-0.15, -0.1) is 0 Å². The topological polar surface area (TPSA) is 66.9 Å². The molecule has 0 spiro atoms. The first kappa shape index (κ1) is 14.2. The third kappa shape index (κ3) is 3.62. The fourth-order valence-electron chi connectivity index (χ4n) is 1.47. The predicted molar refractivity (Wildman–Crippen MR) is 78.8 cm³/mol. The Morgan fingerprint density at radius 1 is 1.37 bits per heavy atom. The summed E-state index contributed by atoms with van der Waals surface area (Å²) in [5.74, 6) is -0.155. The number of carbonyl (C=O) groups is 1. The van der Waals surface area contributed by atoms with Crippen LogP contribution < -0.4 is 10.6 Å². The van der Waals surface area contributed by atoms with Crippen molar-refractivity contribution >= 4 is 46.0 Å². The second-order valence-electron chi connectivity index (χ2n) is 5.21. The number of nitrogens with one attached hydrogen (secondary N) is 2. The number of rotatable bonds is 3. The predicted octanol–water partition coefficient (Wildman–Crippen LogP) is 2.67. The molecule has 1 amide bonds. The first-order chi connectivity index (χ1) is 8.87. The summed E-state index contributed by atoms with van der Waals surface area (Å²) in [7, 11) is 0. The normalized spacial score (nSPS) is 11.8. The van der Waals surface area contributed by atoms with Gasteiger partial charge in [-0.1, -0.05) is 11.6 Å². The van der Waals surface area contributed by atoms with Crippen molar-refractivity contribution < 1.29 is 4.79 Å². The average Bonchev–Trinajstić information content (AvgIpc) is 2.78. The molecule has 1 heterocycles. The third-order valence-electron chi connectivity index (χ3n) is 2.42. The van der Waals surface area contributed by atoms with Gasteiger partial charge < -0.3 is 10.6 Å². The number of hydrogen-bond donors (Lipinski definition) is 2. The molecule has 19 heavy (non-hydrogen) atoms. The molecule has 0 atom stereocenters. The van der Waals surface area contributed by atoms with Crippen molar-refractivity contribution in [2.75, 3.05) is 11.9 Å². The molecule has 0 aliphatic heterocycles. The Morgan fingerprint density at radius 3 is 2.79 bits per heavy atom. The molecule has 0 fully saturated rings. The van der Waals surface area contributed by atoms with Crippen LogP contribution in [0.2, 0.25) is 5.02 Å². The summed E-state index contributed by atoms with van der Waals surface area (Å²) in [6.07, 6.45) is 0. The van der Waals surface area contributed by atoms with Gasteiger partial charge in [-0.2, -0.15) is 8.75 Å². The zero-order valence-corrected chi connectivity index (χ0v) is 12.5. The summed E-state index contributed by atoms with van der Waals surface area (Å²) in [5.41, 5.74) is 1.76. The van der Waals surface area contributed by atoms with E-state index in [1.54, 1.807) is 12.1 Å². The van der Waals surface area contributed by atoms with Crippen molar-refractivity contribution in [3.63, 3.8) is 0 Å². The summed E-state index contributed by atoms with van der Waals surface area (Å²) in [4.78, 5) is 11.9. The van der Waals surface area contributed by atoms with Crippen LogP contribution in [-0.2, 0) is 4.79 Å². The van der Waals surface area contributed by atoms with E-state index in [9.17, 15) is 4.79 Å². The van der Waals surface area contributed by atoms with E-state index in [1.165, 1.54) is 0 Å². The van der Waals surface area contributed by atoms with Crippen molar-refractivity contribution in [3.05, 3.63) is 17.2 Å². The van der Waals surface area contributed by atoms with E-state index in [4.69, 9.17) is 11.6 Å². The molecule has 0 aliphatic carbocycles. The number of fused-ring (bicyclic) bond motifs is 1. The molecule has 1 aromatic heterocycles. The molecular weight excluding hydrogens is 284 g/mol. The largest absolute Gasteiger partial charge is 0.322 e. The van der Waals surface area contributed by atoms with E-state index in [0.29, 0.717) is 16.2 Å². The molecule has 0 saturated carbocycles. The first-order valence-corrected chi connectivity index (χ1v) is 6.93. The van der Waals surface area contributed by atoms with Crippen molar-refractivity contribution in [1.29, 1.82) is 0 Å². The highest BCUT2D eigenvalue weighted by molar-refractivity contribution is 7.00. The number of anilines is 1. The zero-order valence-electron chi connectivity index (χ0n) is 11.0. The summed E-state index contributed by atoms with van der Waals surface area (Å²) in [6.45, 7) is 6.21. The summed E-state index contributed by atoms with van der Waals surface area (Å²) < 4.78 is 8.27. The fourth-order valence-corrected chi connectivity index (χ4v) is 2.22. The Bertz CT molecular complexity index is 605. The van der Waals surface area contributed by atoms with Gasteiger partial charge in [0, 0.05) is 5.54 Å². The highest BCUT2D eigenvalue weighted by Crippen LogP contribution is 2.29. The number of carbonyl (C=O) groups excluding carboxylic acids is 1. The minimum Gasteiger partial charge on any atom is -0.322 e. The van der Waals surface area contributed by atoms with Crippen molar-refractivity contribution in [2.45, 2.75) is 26.3 Å². The molecule has 7 heteroatoms. The number of benzene rings is 1. The quantitative estimate of drug-likeness (QED) is 0.914. The monoisotopic (exact) mass is 298 g/mol. The van der Waals surface area contributed by atoms with E-state index in [2.05, 4.69) is 19.4 Å². The highest BCUT2D eigenvalue weighted by atomic mass is 35.5. The van der Waals surface area contributed by atoms with Gasteiger partial charge in [0.2, 0.25) is 5.91 Å². The van der Waals surface area contributed by atoms with E-state index < -0.39 is 0 Å². The van der Waals surface area contributed by atoms with Gasteiger partial charge in [-0.25, -0.2) is 0 Å². The molecule has 5 nitrogen and oxygen atoms in total. The minimum atomic E-state index is -0.155. The number of hydrogen-bond acceptors (Lipinski definition) is 5. The van der Waals surface area contributed by atoms with Crippen molar-refractivity contribution in [1.82, 2.24) is 14.1 Å². The van der Waals surface area contributed by atoms with Crippen LogP contribution in [0.25, 0.3) is 11.0 Å². The molecule has 2 aromatic rings. The number of halogens is 1. The van der Waals surface area contributed by atoms with Gasteiger partial charge in [0.25, 0.3) is 0 Å². The van der Waals surface area contributed by atoms with E-state index in [1.807, 2.05) is 20.8 Å². The number of aromatic nitrogens is 2. The van der Waals surface area contributed by atoms with Crippen LogP contribution in [0.15, 0.2) is 12.1 Å². The smallest absolute Gasteiger partial charge is 0.238 e. The molecule has 0 bridgehead atoms. The summed E-state index contributed by atoms with van der Waals surface area (Å²) in [5, 5.41) is 6.36. The van der Waals surface area contributed by atoms with E-state index >= 15 is 0 Å². The molecular formula is C12H15ClN4OS. The van der Waals surface area contributed by atoms with Gasteiger partial charge >= 0.3 is 0 Å². The Morgan fingerprint density at radius 2 is 2.11 bits per heavy atom. The van der Waals surface area contributed by atoms with Crippen LogP contribution in [-0.4, -0.2) is 26.7 Å². The van der Waals surface area contributed by atoms with Crippen molar-refractivity contribution in [3.8, 4) is 0 Å². The van der Waals surface area contributed by atoms with Crippen molar-refractivity contribution in [2.24, 2.45) is 0 Å². The SMILES string of the molecule is CC(C)(C)NCC(=O)Nc1c(Cl)ccc2nsnc12. The average molecular weight is 299 g/mol. The lowest BCUT2D eigenvalue weighted by Crippen LogP contribution is -2.41. The van der Waals surface area contributed by atoms with Crippen LogP contribution in [0.3, 0.4) is 0 Å². The van der Waals surface area contributed by atoms with Crippen LogP contribution in [0, 0.1) is 0 Å². The van der Waals surface area contributed by atoms with Crippen LogP contribution >= 0.6 is 23.3 Å².